The van der Waals surface area contributed by atoms with E-state index in [2.05, 4.69) is 12.2 Å². The van der Waals surface area contributed by atoms with Crippen LogP contribution in [0.3, 0.4) is 0 Å². The molecule has 0 radical (unpaired) electrons. The van der Waals surface area contributed by atoms with Crippen molar-refractivity contribution in [2.45, 2.75) is 148 Å². The summed E-state index contributed by atoms with van der Waals surface area (Å²) in [5.74, 6) is 0.202. The fourth-order valence-electron chi connectivity index (χ4n) is 3.63. The Bertz CT molecular complexity index is 488. The molecule has 0 saturated carbocycles. The minimum absolute atomic E-state index is 0.202. The predicted octanol–water partition coefficient (Wildman–Crippen LogP) is 8.87. The molecule has 0 fully saturated rings. The van der Waals surface area contributed by atoms with Crippen LogP contribution < -0.4 is 5.32 Å². The summed E-state index contributed by atoms with van der Waals surface area (Å²) >= 11 is 0. The highest BCUT2D eigenvalue weighted by Gasteiger charge is 2.32. The van der Waals surface area contributed by atoms with Crippen LogP contribution in [0.2, 0.25) is 0 Å². The van der Waals surface area contributed by atoms with Gasteiger partial charge in [-0.2, -0.15) is 0 Å². The first-order chi connectivity index (χ1) is 15.2. The standard InChI is InChI=1S/C27H56NO3P/c1-6-7-8-9-10-11-12-13-14-15-16-17-20-23-26(29)28-24-21-18-19-22-25-31-32(5,30)27(2,3)4/h6-25H2,1-5H3,(H,28,29). The average molecular weight is 474 g/mol. The van der Waals surface area contributed by atoms with Gasteiger partial charge in [0.2, 0.25) is 13.3 Å². The zero-order valence-corrected chi connectivity index (χ0v) is 23.2. The lowest BCUT2D eigenvalue weighted by Gasteiger charge is -2.27. The maximum Gasteiger partial charge on any atom is 0.219 e. The van der Waals surface area contributed by atoms with Crippen LogP contribution in [-0.4, -0.2) is 30.9 Å². The molecule has 1 atom stereocenters. The molecular formula is C27H56NO3P. The zero-order valence-electron chi connectivity index (χ0n) is 22.3. The van der Waals surface area contributed by atoms with Gasteiger partial charge in [-0.3, -0.25) is 9.36 Å². The van der Waals surface area contributed by atoms with Gasteiger partial charge < -0.3 is 9.84 Å². The lowest BCUT2D eigenvalue weighted by atomic mass is 10.0. The van der Waals surface area contributed by atoms with E-state index in [-0.39, 0.29) is 11.1 Å². The molecule has 0 spiro atoms. The van der Waals surface area contributed by atoms with Gasteiger partial charge in [-0.15, -0.1) is 0 Å². The molecule has 0 aromatic carbocycles. The monoisotopic (exact) mass is 473 g/mol. The molecule has 0 aliphatic carbocycles. The van der Waals surface area contributed by atoms with Gasteiger partial charge >= 0.3 is 0 Å². The number of unbranched alkanes of at least 4 members (excludes halogenated alkanes) is 15. The molecule has 0 saturated heterocycles. The molecule has 0 aromatic heterocycles. The Kier molecular flexibility index (Phi) is 19.9. The van der Waals surface area contributed by atoms with Crippen LogP contribution in [0, 0.1) is 0 Å². The first-order valence-corrected chi connectivity index (χ1v) is 15.8. The quantitative estimate of drug-likeness (QED) is 0.126. The van der Waals surface area contributed by atoms with Gasteiger partial charge in [-0.1, -0.05) is 118 Å². The normalized spacial score (nSPS) is 13.8. The first-order valence-electron chi connectivity index (χ1n) is 13.7. The molecule has 32 heavy (non-hydrogen) atoms. The first kappa shape index (κ1) is 31.7. The van der Waals surface area contributed by atoms with Crippen molar-refractivity contribution in [3.8, 4) is 0 Å². The fourth-order valence-corrected chi connectivity index (χ4v) is 4.50. The molecule has 192 valence electrons. The van der Waals surface area contributed by atoms with Crippen LogP contribution in [0.25, 0.3) is 0 Å². The third-order valence-corrected chi connectivity index (χ3v) is 9.57. The van der Waals surface area contributed by atoms with Crippen LogP contribution in [0.15, 0.2) is 0 Å². The van der Waals surface area contributed by atoms with Crippen molar-refractivity contribution in [1.29, 1.82) is 0 Å². The highest BCUT2D eigenvalue weighted by molar-refractivity contribution is 7.59. The van der Waals surface area contributed by atoms with Gasteiger partial charge in [0.05, 0.1) is 6.61 Å². The molecule has 0 bridgehead atoms. The molecule has 0 aliphatic heterocycles. The minimum atomic E-state index is -2.54. The minimum Gasteiger partial charge on any atom is -0.356 e. The molecule has 5 heteroatoms. The summed E-state index contributed by atoms with van der Waals surface area (Å²) in [6, 6.07) is 0. The Hall–Kier alpha value is -0.340. The van der Waals surface area contributed by atoms with E-state index in [0.29, 0.717) is 13.0 Å². The number of amides is 1. The molecule has 1 unspecified atom stereocenters. The highest BCUT2D eigenvalue weighted by Crippen LogP contribution is 2.55. The van der Waals surface area contributed by atoms with E-state index in [1.54, 1.807) is 6.66 Å². The van der Waals surface area contributed by atoms with Crippen molar-refractivity contribution in [2.75, 3.05) is 19.8 Å². The molecule has 0 aromatic rings. The number of carbonyl (C=O) groups excluding carboxylic acids is 1. The molecule has 0 rings (SSSR count). The second-order valence-electron chi connectivity index (χ2n) is 10.6. The number of nitrogens with one attached hydrogen (secondary N) is 1. The maximum atomic E-state index is 12.4. The second kappa shape index (κ2) is 20.1. The van der Waals surface area contributed by atoms with Crippen molar-refractivity contribution in [3.05, 3.63) is 0 Å². The Balaban J connectivity index is 3.33. The summed E-state index contributed by atoms with van der Waals surface area (Å²) in [5, 5.41) is 2.76. The predicted molar refractivity (Wildman–Crippen MR) is 141 cm³/mol. The molecular weight excluding hydrogens is 417 g/mol. The zero-order chi connectivity index (χ0) is 24.1. The summed E-state index contributed by atoms with van der Waals surface area (Å²) in [6.07, 6.45) is 22.1. The van der Waals surface area contributed by atoms with Crippen LogP contribution in [0.4, 0.5) is 0 Å². The topological polar surface area (TPSA) is 55.4 Å². The Morgan fingerprint density at radius 3 is 1.66 bits per heavy atom. The Morgan fingerprint density at radius 1 is 0.719 bits per heavy atom. The SMILES string of the molecule is CCCCCCCCCCCCCCCC(=O)NCCCCCCOP(C)(=O)C(C)(C)C. The van der Waals surface area contributed by atoms with Crippen LogP contribution in [-0.2, 0) is 13.9 Å². The number of carbonyl (C=O) groups is 1. The van der Waals surface area contributed by atoms with E-state index in [1.165, 1.54) is 77.0 Å². The third kappa shape index (κ3) is 19.2. The van der Waals surface area contributed by atoms with Gasteiger partial charge in [-0.25, -0.2) is 0 Å². The summed E-state index contributed by atoms with van der Waals surface area (Å²) in [5.41, 5.74) is 0. The van der Waals surface area contributed by atoms with Crippen molar-refractivity contribution in [2.24, 2.45) is 0 Å². The molecule has 0 heterocycles. The van der Waals surface area contributed by atoms with Crippen molar-refractivity contribution >= 4 is 13.3 Å². The summed E-state index contributed by atoms with van der Waals surface area (Å²) in [6.45, 7) is 11.2. The molecule has 1 amide bonds. The molecule has 1 N–H and O–H groups in total. The van der Waals surface area contributed by atoms with E-state index in [0.717, 1.165) is 38.6 Å². The summed E-state index contributed by atoms with van der Waals surface area (Å²) < 4.78 is 18.0. The van der Waals surface area contributed by atoms with Gasteiger partial charge in [0, 0.05) is 24.8 Å². The van der Waals surface area contributed by atoms with Gasteiger partial charge in [0.1, 0.15) is 0 Å². The third-order valence-electron chi connectivity index (χ3n) is 6.46. The number of hydrogen-bond acceptors (Lipinski definition) is 3. The van der Waals surface area contributed by atoms with E-state index in [4.69, 9.17) is 4.52 Å². The second-order valence-corrected chi connectivity index (χ2v) is 13.9. The van der Waals surface area contributed by atoms with Gasteiger partial charge in [0.25, 0.3) is 0 Å². The lowest BCUT2D eigenvalue weighted by molar-refractivity contribution is -0.121. The van der Waals surface area contributed by atoms with Gasteiger partial charge in [0.15, 0.2) is 0 Å². The average Bonchev–Trinajstić information content (AvgIpc) is 2.72. The fraction of sp³-hybridized carbons (Fsp3) is 0.963. The van der Waals surface area contributed by atoms with Gasteiger partial charge in [-0.05, 0) is 19.3 Å². The summed E-state index contributed by atoms with van der Waals surface area (Å²) in [7, 11) is -2.54. The number of rotatable bonds is 22. The van der Waals surface area contributed by atoms with Crippen molar-refractivity contribution in [1.82, 2.24) is 5.32 Å². The van der Waals surface area contributed by atoms with Crippen LogP contribution >= 0.6 is 7.37 Å². The van der Waals surface area contributed by atoms with E-state index in [1.807, 2.05) is 20.8 Å². The lowest BCUT2D eigenvalue weighted by Crippen LogP contribution is -2.23. The van der Waals surface area contributed by atoms with E-state index < -0.39 is 7.37 Å². The Labute approximate surface area is 200 Å². The van der Waals surface area contributed by atoms with Crippen LogP contribution in [0.5, 0.6) is 0 Å². The van der Waals surface area contributed by atoms with E-state index >= 15 is 0 Å². The Morgan fingerprint density at radius 2 is 1.16 bits per heavy atom. The number of hydrogen-bond donors (Lipinski definition) is 1. The largest absolute Gasteiger partial charge is 0.356 e. The van der Waals surface area contributed by atoms with E-state index in [9.17, 15) is 9.36 Å². The van der Waals surface area contributed by atoms with Crippen molar-refractivity contribution in [3.63, 3.8) is 0 Å². The maximum absolute atomic E-state index is 12.4. The van der Waals surface area contributed by atoms with Crippen LogP contribution in [0.1, 0.15) is 143 Å². The molecule has 4 nitrogen and oxygen atoms in total. The van der Waals surface area contributed by atoms with Crippen molar-refractivity contribution < 1.29 is 13.9 Å². The highest BCUT2D eigenvalue weighted by atomic mass is 31.2. The summed E-state index contributed by atoms with van der Waals surface area (Å²) in [4.78, 5) is 11.9. The smallest absolute Gasteiger partial charge is 0.219 e. The molecule has 0 aliphatic rings.